The van der Waals surface area contributed by atoms with Crippen LogP contribution >= 0.6 is 11.6 Å². The van der Waals surface area contributed by atoms with Crippen molar-refractivity contribution >= 4 is 23.2 Å². The van der Waals surface area contributed by atoms with E-state index in [4.69, 9.17) is 16.3 Å². The lowest BCUT2D eigenvalue weighted by Gasteiger charge is -2.13. The molecule has 0 saturated heterocycles. The summed E-state index contributed by atoms with van der Waals surface area (Å²) in [6, 6.07) is 12.8. The van der Waals surface area contributed by atoms with E-state index in [2.05, 4.69) is 22.4 Å². The summed E-state index contributed by atoms with van der Waals surface area (Å²) in [6.45, 7) is 1.96. The Morgan fingerprint density at radius 1 is 1.20 bits per heavy atom. The summed E-state index contributed by atoms with van der Waals surface area (Å²) in [5.41, 5.74) is 2.57. The largest absolute Gasteiger partial charge is 0.482 e. The quantitative estimate of drug-likeness (QED) is 0.734. The van der Waals surface area contributed by atoms with E-state index in [9.17, 15) is 4.79 Å². The second-order valence-electron chi connectivity index (χ2n) is 5.37. The molecule has 1 heterocycles. The summed E-state index contributed by atoms with van der Waals surface area (Å²) < 4.78 is 7.46. The van der Waals surface area contributed by atoms with Crippen molar-refractivity contribution < 1.29 is 9.53 Å². The number of amides is 1. The van der Waals surface area contributed by atoms with Crippen LogP contribution in [0.1, 0.15) is 12.5 Å². The first-order chi connectivity index (χ1) is 12.2. The molecular weight excluding hydrogens is 340 g/mol. The molecule has 3 rings (SSSR count). The van der Waals surface area contributed by atoms with Crippen molar-refractivity contribution in [1.82, 2.24) is 14.8 Å². The third kappa shape index (κ3) is 4.36. The third-order valence-electron chi connectivity index (χ3n) is 3.60. The second kappa shape index (κ2) is 7.81. The molecule has 0 fully saturated rings. The number of rotatable bonds is 6. The summed E-state index contributed by atoms with van der Waals surface area (Å²) in [6.07, 6.45) is 4.08. The molecule has 0 radical (unpaired) electrons. The first kappa shape index (κ1) is 17.0. The Hall–Kier alpha value is -2.86. The molecule has 6 nitrogen and oxygen atoms in total. The molecule has 1 aromatic heterocycles. The van der Waals surface area contributed by atoms with E-state index in [0.29, 0.717) is 16.5 Å². The second-order valence-corrected chi connectivity index (χ2v) is 5.81. The lowest BCUT2D eigenvalue weighted by atomic mass is 10.1. The van der Waals surface area contributed by atoms with Gasteiger partial charge < -0.3 is 10.1 Å². The van der Waals surface area contributed by atoms with E-state index < -0.39 is 0 Å². The summed E-state index contributed by atoms with van der Waals surface area (Å²) >= 11 is 5.91. The summed E-state index contributed by atoms with van der Waals surface area (Å²) in [5.74, 6) is 0.315. The van der Waals surface area contributed by atoms with Gasteiger partial charge in [-0.25, -0.2) is 0 Å². The predicted octanol–water partition coefficient (Wildman–Crippen LogP) is 3.50. The van der Waals surface area contributed by atoms with Crippen molar-refractivity contribution in [2.24, 2.45) is 0 Å². The minimum absolute atomic E-state index is 0.118. The van der Waals surface area contributed by atoms with Gasteiger partial charge in [0.1, 0.15) is 18.4 Å². The molecule has 0 aliphatic carbocycles. The number of halogens is 1. The molecule has 0 unspecified atom stereocenters. The molecule has 2 aromatic carbocycles. The molecular formula is C18H17ClN4O2. The number of hydrogen-bond donors (Lipinski definition) is 1. The van der Waals surface area contributed by atoms with Gasteiger partial charge in [-0.2, -0.15) is 0 Å². The first-order valence-corrected chi connectivity index (χ1v) is 8.19. The van der Waals surface area contributed by atoms with Crippen molar-refractivity contribution in [3.63, 3.8) is 0 Å². The molecule has 0 atom stereocenters. The van der Waals surface area contributed by atoms with Gasteiger partial charge in [-0.3, -0.25) is 9.36 Å². The first-order valence-electron chi connectivity index (χ1n) is 7.82. The van der Waals surface area contributed by atoms with Gasteiger partial charge in [0.25, 0.3) is 5.91 Å². The monoisotopic (exact) mass is 356 g/mol. The van der Waals surface area contributed by atoms with E-state index >= 15 is 0 Å². The minimum Gasteiger partial charge on any atom is -0.482 e. The Bertz CT molecular complexity index is 865. The zero-order chi connectivity index (χ0) is 17.6. The lowest BCUT2D eigenvalue weighted by Crippen LogP contribution is -2.20. The van der Waals surface area contributed by atoms with Gasteiger partial charge in [0.05, 0.1) is 5.69 Å². The Kier molecular flexibility index (Phi) is 5.30. The Labute approximate surface area is 150 Å². The summed E-state index contributed by atoms with van der Waals surface area (Å²) in [4.78, 5) is 12.1. The topological polar surface area (TPSA) is 69.0 Å². The maximum Gasteiger partial charge on any atom is 0.262 e. The number of carbonyl (C=O) groups is 1. The van der Waals surface area contributed by atoms with Gasteiger partial charge in [-0.05, 0) is 42.3 Å². The van der Waals surface area contributed by atoms with Crippen molar-refractivity contribution in [3.05, 3.63) is 65.7 Å². The van der Waals surface area contributed by atoms with Crippen LogP contribution in [0.4, 0.5) is 5.69 Å². The number of nitrogens with zero attached hydrogens (tertiary/aromatic N) is 3. The van der Waals surface area contributed by atoms with Gasteiger partial charge >= 0.3 is 0 Å². The molecule has 0 aliphatic heterocycles. The van der Waals surface area contributed by atoms with Crippen LogP contribution in [0.25, 0.3) is 5.69 Å². The fourth-order valence-electron chi connectivity index (χ4n) is 2.34. The number of anilines is 1. The maximum atomic E-state index is 12.1. The van der Waals surface area contributed by atoms with Crippen LogP contribution in [0, 0.1) is 0 Å². The van der Waals surface area contributed by atoms with Crippen molar-refractivity contribution in [2.75, 3.05) is 11.9 Å². The highest BCUT2D eigenvalue weighted by molar-refractivity contribution is 6.30. The molecule has 3 aromatic rings. The van der Waals surface area contributed by atoms with E-state index in [1.807, 2.05) is 18.2 Å². The summed E-state index contributed by atoms with van der Waals surface area (Å²) in [5, 5.41) is 10.9. The van der Waals surface area contributed by atoms with Crippen LogP contribution in [-0.4, -0.2) is 27.3 Å². The molecule has 7 heteroatoms. The fourth-order valence-corrected chi connectivity index (χ4v) is 2.53. The van der Waals surface area contributed by atoms with Crippen molar-refractivity contribution in [3.8, 4) is 11.4 Å². The van der Waals surface area contributed by atoms with Crippen LogP contribution in [0.5, 0.6) is 5.75 Å². The van der Waals surface area contributed by atoms with Crippen LogP contribution in [0.15, 0.2) is 55.1 Å². The van der Waals surface area contributed by atoms with E-state index in [0.717, 1.165) is 17.7 Å². The van der Waals surface area contributed by atoms with E-state index in [1.165, 1.54) is 0 Å². The van der Waals surface area contributed by atoms with Gasteiger partial charge in [0, 0.05) is 10.7 Å². The average molecular weight is 357 g/mol. The smallest absolute Gasteiger partial charge is 0.262 e. The standard InChI is InChI=1S/C18H17ClN4O2/c1-2-13-6-7-17(16(8-13)23-11-20-21-12-23)25-10-18(24)22-15-5-3-4-14(19)9-15/h3-9,11-12H,2,10H2,1H3,(H,22,24). The van der Waals surface area contributed by atoms with Crippen LogP contribution in [-0.2, 0) is 11.2 Å². The normalized spacial score (nSPS) is 10.5. The molecule has 1 N–H and O–H groups in total. The number of benzene rings is 2. The lowest BCUT2D eigenvalue weighted by molar-refractivity contribution is -0.118. The predicted molar refractivity (Wildman–Crippen MR) is 96.3 cm³/mol. The SMILES string of the molecule is CCc1ccc(OCC(=O)Nc2cccc(Cl)c2)c(-n2cnnc2)c1. The Morgan fingerprint density at radius 2 is 2.00 bits per heavy atom. The van der Waals surface area contributed by atoms with Crippen LogP contribution < -0.4 is 10.1 Å². The zero-order valence-electron chi connectivity index (χ0n) is 13.6. The third-order valence-corrected chi connectivity index (χ3v) is 3.83. The Balaban J connectivity index is 1.71. The molecule has 25 heavy (non-hydrogen) atoms. The average Bonchev–Trinajstić information content (AvgIpc) is 3.14. The maximum absolute atomic E-state index is 12.1. The van der Waals surface area contributed by atoms with Gasteiger partial charge in [-0.15, -0.1) is 10.2 Å². The number of ether oxygens (including phenoxy) is 1. The van der Waals surface area contributed by atoms with E-state index in [1.54, 1.807) is 41.5 Å². The Morgan fingerprint density at radius 3 is 2.72 bits per heavy atom. The minimum atomic E-state index is -0.267. The number of hydrogen-bond acceptors (Lipinski definition) is 4. The van der Waals surface area contributed by atoms with Gasteiger partial charge in [-0.1, -0.05) is 30.7 Å². The number of nitrogens with one attached hydrogen (secondary N) is 1. The highest BCUT2D eigenvalue weighted by atomic mass is 35.5. The van der Waals surface area contributed by atoms with Crippen molar-refractivity contribution in [2.45, 2.75) is 13.3 Å². The number of carbonyl (C=O) groups excluding carboxylic acids is 1. The van der Waals surface area contributed by atoms with Crippen molar-refractivity contribution in [1.29, 1.82) is 0 Å². The highest BCUT2D eigenvalue weighted by Gasteiger charge is 2.10. The fraction of sp³-hybridized carbons (Fsp3) is 0.167. The van der Waals surface area contributed by atoms with Crippen LogP contribution in [0.2, 0.25) is 5.02 Å². The molecule has 0 bridgehead atoms. The van der Waals surface area contributed by atoms with Gasteiger partial charge in [0.2, 0.25) is 0 Å². The molecule has 128 valence electrons. The summed E-state index contributed by atoms with van der Waals surface area (Å²) in [7, 11) is 0. The number of aromatic nitrogens is 3. The highest BCUT2D eigenvalue weighted by Crippen LogP contribution is 2.24. The zero-order valence-corrected chi connectivity index (χ0v) is 14.4. The van der Waals surface area contributed by atoms with Gasteiger partial charge in [0.15, 0.2) is 6.61 Å². The molecule has 0 spiro atoms. The number of aryl methyl sites for hydroxylation is 1. The van der Waals surface area contributed by atoms with E-state index in [-0.39, 0.29) is 12.5 Å². The molecule has 0 saturated carbocycles. The van der Waals surface area contributed by atoms with Crippen LogP contribution in [0.3, 0.4) is 0 Å². The molecule has 1 amide bonds. The molecule has 0 aliphatic rings.